The number of hydrogen-bond acceptors (Lipinski definition) is 7. The molecule has 0 saturated heterocycles. The first-order valence-electron chi connectivity index (χ1n) is 7.36. The van der Waals surface area contributed by atoms with Gasteiger partial charge in [-0.1, -0.05) is 11.8 Å². The minimum Gasteiger partial charge on any atom is -0.468 e. The highest BCUT2D eigenvalue weighted by molar-refractivity contribution is 7.98. The molecule has 0 bridgehead atoms. The fourth-order valence-corrected chi connectivity index (χ4v) is 3.02. The number of pyridine rings is 1. The molecule has 0 aliphatic heterocycles. The molecule has 0 fully saturated rings. The molecule has 0 N–H and O–H groups in total. The topological polar surface area (TPSA) is 83.0 Å². The Morgan fingerprint density at radius 1 is 1.38 bits per heavy atom. The van der Waals surface area contributed by atoms with Gasteiger partial charge in [-0.2, -0.15) is 0 Å². The van der Waals surface area contributed by atoms with Crippen LogP contribution in [0.25, 0.3) is 11.4 Å². The predicted molar refractivity (Wildman–Crippen MR) is 88.5 cm³/mol. The Kier molecular flexibility index (Phi) is 4.95. The number of nitrogens with zero attached hydrogens (tertiary/aromatic N) is 4. The smallest absolute Gasteiger partial charge is 0.341 e. The van der Waals surface area contributed by atoms with E-state index in [-0.39, 0.29) is 5.97 Å². The first-order chi connectivity index (χ1) is 11.7. The summed E-state index contributed by atoms with van der Waals surface area (Å²) < 4.78 is 12.3. The lowest BCUT2D eigenvalue weighted by atomic mass is 10.3. The molecule has 3 aromatic rings. The standard InChI is InChI=1S/C16H16N4O3S/c1-3-22-15(21)12-6-8-23-13(12)10-24-16-19-18-14(20(16)2)11-5-4-7-17-9-11/h4-9H,3,10H2,1-2H3. The molecule has 0 aliphatic rings. The van der Waals surface area contributed by atoms with E-state index >= 15 is 0 Å². The number of thioether (sulfide) groups is 1. The zero-order valence-corrected chi connectivity index (χ0v) is 14.1. The van der Waals surface area contributed by atoms with Crippen molar-refractivity contribution in [1.29, 1.82) is 0 Å². The fraction of sp³-hybridized carbons (Fsp3) is 0.250. The molecule has 24 heavy (non-hydrogen) atoms. The van der Waals surface area contributed by atoms with Crippen LogP contribution in [0.5, 0.6) is 0 Å². The molecule has 0 atom stereocenters. The highest BCUT2D eigenvalue weighted by Gasteiger charge is 2.18. The lowest BCUT2D eigenvalue weighted by Gasteiger charge is -2.04. The average molecular weight is 344 g/mol. The van der Waals surface area contributed by atoms with Gasteiger partial charge in [-0.05, 0) is 25.1 Å². The van der Waals surface area contributed by atoms with Crippen LogP contribution in [-0.2, 0) is 17.5 Å². The molecule has 0 unspecified atom stereocenters. The Morgan fingerprint density at radius 3 is 3.00 bits per heavy atom. The number of carbonyl (C=O) groups is 1. The largest absolute Gasteiger partial charge is 0.468 e. The van der Waals surface area contributed by atoms with Gasteiger partial charge in [0.05, 0.1) is 18.6 Å². The molecular weight excluding hydrogens is 328 g/mol. The van der Waals surface area contributed by atoms with Gasteiger partial charge >= 0.3 is 5.97 Å². The van der Waals surface area contributed by atoms with E-state index in [2.05, 4.69) is 15.2 Å². The summed E-state index contributed by atoms with van der Waals surface area (Å²) in [5, 5.41) is 9.12. The van der Waals surface area contributed by atoms with E-state index in [1.54, 1.807) is 25.4 Å². The van der Waals surface area contributed by atoms with Crippen LogP contribution in [0.2, 0.25) is 0 Å². The Bertz CT molecular complexity index is 829. The normalized spacial score (nSPS) is 10.8. The van der Waals surface area contributed by atoms with Gasteiger partial charge in [0.25, 0.3) is 0 Å². The second-order valence-electron chi connectivity index (χ2n) is 4.87. The van der Waals surface area contributed by atoms with Crippen molar-refractivity contribution in [3.63, 3.8) is 0 Å². The number of rotatable bonds is 6. The van der Waals surface area contributed by atoms with Crippen molar-refractivity contribution in [1.82, 2.24) is 19.7 Å². The minimum absolute atomic E-state index is 0.328. The Balaban J connectivity index is 1.74. The van der Waals surface area contributed by atoms with Crippen molar-refractivity contribution in [2.75, 3.05) is 6.61 Å². The molecule has 3 aromatic heterocycles. The van der Waals surface area contributed by atoms with Crippen LogP contribution in [0.3, 0.4) is 0 Å². The second-order valence-corrected chi connectivity index (χ2v) is 5.82. The fourth-order valence-electron chi connectivity index (χ4n) is 2.16. The summed E-state index contributed by atoms with van der Waals surface area (Å²) in [6.07, 6.45) is 4.94. The van der Waals surface area contributed by atoms with Crippen LogP contribution in [0.1, 0.15) is 23.0 Å². The van der Waals surface area contributed by atoms with Crippen LogP contribution < -0.4 is 0 Å². The van der Waals surface area contributed by atoms with Crippen LogP contribution in [0.4, 0.5) is 0 Å². The molecule has 0 radical (unpaired) electrons. The van der Waals surface area contributed by atoms with Crippen LogP contribution >= 0.6 is 11.8 Å². The van der Waals surface area contributed by atoms with E-state index in [4.69, 9.17) is 9.15 Å². The summed E-state index contributed by atoms with van der Waals surface area (Å²) >= 11 is 1.44. The highest BCUT2D eigenvalue weighted by atomic mass is 32.2. The lowest BCUT2D eigenvalue weighted by Crippen LogP contribution is -2.05. The molecule has 124 valence electrons. The molecule has 0 aromatic carbocycles. The van der Waals surface area contributed by atoms with Gasteiger partial charge in [0.15, 0.2) is 11.0 Å². The summed E-state index contributed by atoms with van der Waals surface area (Å²) in [6, 6.07) is 5.40. The molecule has 0 aliphatic carbocycles. The Hall–Kier alpha value is -2.61. The third kappa shape index (κ3) is 3.33. The second kappa shape index (κ2) is 7.31. The first-order valence-corrected chi connectivity index (χ1v) is 8.35. The molecule has 8 heteroatoms. The lowest BCUT2D eigenvalue weighted by molar-refractivity contribution is 0.0524. The number of aromatic nitrogens is 4. The molecule has 0 amide bonds. The van der Waals surface area contributed by atoms with Gasteiger partial charge in [-0.15, -0.1) is 10.2 Å². The van der Waals surface area contributed by atoms with E-state index in [9.17, 15) is 4.79 Å². The number of furan rings is 1. The van der Waals surface area contributed by atoms with Crippen molar-refractivity contribution in [3.05, 3.63) is 48.2 Å². The average Bonchev–Trinajstić information content (AvgIpc) is 3.21. The van der Waals surface area contributed by atoms with Gasteiger partial charge in [0, 0.05) is 25.0 Å². The maximum absolute atomic E-state index is 11.9. The van der Waals surface area contributed by atoms with Gasteiger partial charge in [0.2, 0.25) is 0 Å². The zero-order valence-electron chi connectivity index (χ0n) is 13.3. The third-order valence-corrected chi connectivity index (χ3v) is 4.35. The Labute approximate surface area is 143 Å². The predicted octanol–water partition coefficient (Wildman–Crippen LogP) is 2.94. The van der Waals surface area contributed by atoms with Crippen LogP contribution in [-0.4, -0.2) is 32.3 Å². The molecule has 7 nitrogen and oxygen atoms in total. The first kappa shape index (κ1) is 16.3. The van der Waals surface area contributed by atoms with Crippen molar-refractivity contribution < 1.29 is 13.9 Å². The highest BCUT2D eigenvalue weighted by Crippen LogP contribution is 2.26. The van der Waals surface area contributed by atoms with E-state index in [1.807, 2.05) is 23.7 Å². The van der Waals surface area contributed by atoms with Crippen molar-refractivity contribution in [2.24, 2.45) is 7.05 Å². The van der Waals surface area contributed by atoms with Crippen molar-refractivity contribution in [2.45, 2.75) is 17.8 Å². The summed E-state index contributed by atoms with van der Waals surface area (Å²) in [6.45, 7) is 2.10. The van der Waals surface area contributed by atoms with Crippen molar-refractivity contribution >= 4 is 17.7 Å². The summed E-state index contributed by atoms with van der Waals surface area (Å²) in [5.74, 6) is 1.37. The number of ether oxygens (including phenoxy) is 1. The minimum atomic E-state index is -0.379. The summed E-state index contributed by atoms with van der Waals surface area (Å²) in [7, 11) is 1.89. The molecule has 0 saturated carbocycles. The summed E-state index contributed by atoms with van der Waals surface area (Å²) in [4.78, 5) is 16.0. The van der Waals surface area contributed by atoms with E-state index in [0.29, 0.717) is 23.7 Å². The quantitative estimate of drug-likeness (QED) is 0.502. The number of esters is 1. The maximum atomic E-state index is 11.9. The zero-order chi connectivity index (χ0) is 16.9. The van der Waals surface area contributed by atoms with E-state index in [1.165, 1.54) is 18.0 Å². The van der Waals surface area contributed by atoms with Gasteiger partial charge in [0.1, 0.15) is 11.3 Å². The molecule has 0 spiro atoms. The third-order valence-electron chi connectivity index (χ3n) is 3.33. The van der Waals surface area contributed by atoms with Crippen LogP contribution in [0, 0.1) is 0 Å². The summed E-state index contributed by atoms with van der Waals surface area (Å²) in [5.41, 5.74) is 1.34. The molecular formula is C16H16N4O3S. The van der Waals surface area contributed by atoms with Crippen molar-refractivity contribution in [3.8, 4) is 11.4 Å². The van der Waals surface area contributed by atoms with Gasteiger partial charge in [-0.3, -0.25) is 4.98 Å². The van der Waals surface area contributed by atoms with Gasteiger partial charge in [-0.25, -0.2) is 4.79 Å². The van der Waals surface area contributed by atoms with E-state index < -0.39 is 0 Å². The monoisotopic (exact) mass is 344 g/mol. The number of carbonyl (C=O) groups excluding carboxylic acids is 1. The Morgan fingerprint density at radius 2 is 2.25 bits per heavy atom. The molecule has 3 rings (SSSR count). The van der Waals surface area contributed by atoms with Gasteiger partial charge < -0.3 is 13.7 Å². The van der Waals surface area contributed by atoms with E-state index in [0.717, 1.165) is 16.5 Å². The SMILES string of the molecule is CCOC(=O)c1ccoc1CSc1nnc(-c2cccnc2)n1C. The number of hydrogen-bond donors (Lipinski definition) is 0. The van der Waals surface area contributed by atoms with Crippen LogP contribution in [0.15, 0.2) is 46.4 Å². The maximum Gasteiger partial charge on any atom is 0.341 e. The molecule has 3 heterocycles.